The predicted octanol–water partition coefficient (Wildman–Crippen LogP) is 2.86. The van der Waals surface area contributed by atoms with Crippen molar-refractivity contribution in [2.75, 3.05) is 18.0 Å². The molecule has 1 saturated heterocycles. The Morgan fingerprint density at radius 2 is 1.56 bits per heavy atom. The second-order valence-electron chi connectivity index (χ2n) is 5.14. The number of anilines is 1. The molecule has 1 aromatic carbocycles. The maximum Gasteiger partial charge on any atom is 0.180 e. The zero-order valence-electron chi connectivity index (χ0n) is 11.1. The highest BCUT2D eigenvalue weighted by atomic mass is 32.2. The number of hydrogen-bond acceptors (Lipinski definition) is 3. The third kappa shape index (κ3) is 2.69. The van der Waals surface area contributed by atoms with Gasteiger partial charge in [-0.3, -0.25) is 0 Å². The van der Waals surface area contributed by atoms with Gasteiger partial charge in [-0.2, -0.15) is 0 Å². The van der Waals surface area contributed by atoms with E-state index < -0.39 is 9.84 Å². The average Bonchev–Trinajstić information content (AvgIpc) is 2.40. The molecule has 0 aromatic heterocycles. The van der Waals surface area contributed by atoms with E-state index in [2.05, 4.69) is 4.90 Å². The number of sulfone groups is 1. The monoisotopic (exact) mass is 267 g/mol. The quantitative estimate of drug-likeness (QED) is 0.845. The molecular weight excluding hydrogens is 246 g/mol. The maximum absolute atomic E-state index is 12.0. The Hall–Kier alpha value is -1.03. The Labute approximate surface area is 110 Å². The van der Waals surface area contributed by atoms with E-state index in [1.165, 1.54) is 19.3 Å². The molecule has 100 valence electrons. The second kappa shape index (κ2) is 5.31. The standard InChI is InChI=1S/C14H21NO2S/c1-12(2)18(16,17)14-8-6-13(7-9-14)15-10-4-3-5-11-15/h6-9,12H,3-5,10-11H2,1-2H3. The van der Waals surface area contributed by atoms with Crippen molar-refractivity contribution in [3.63, 3.8) is 0 Å². The van der Waals surface area contributed by atoms with Gasteiger partial charge in [-0.15, -0.1) is 0 Å². The van der Waals surface area contributed by atoms with Gasteiger partial charge >= 0.3 is 0 Å². The topological polar surface area (TPSA) is 37.4 Å². The van der Waals surface area contributed by atoms with Gasteiger partial charge in [-0.25, -0.2) is 8.42 Å². The molecule has 3 nitrogen and oxygen atoms in total. The zero-order chi connectivity index (χ0) is 13.2. The number of piperidine rings is 1. The van der Waals surface area contributed by atoms with Gasteiger partial charge in [0.25, 0.3) is 0 Å². The van der Waals surface area contributed by atoms with Crippen LogP contribution >= 0.6 is 0 Å². The van der Waals surface area contributed by atoms with Gasteiger partial charge in [-0.05, 0) is 57.4 Å². The largest absolute Gasteiger partial charge is 0.372 e. The van der Waals surface area contributed by atoms with Crippen LogP contribution in [0.25, 0.3) is 0 Å². The van der Waals surface area contributed by atoms with Crippen LogP contribution in [0, 0.1) is 0 Å². The van der Waals surface area contributed by atoms with Gasteiger partial charge in [0.05, 0.1) is 10.1 Å². The summed E-state index contributed by atoms with van der Waals surface area (Å²) in [5.74, 6) is 0. The SMILES string of the molecule is CC(C)S(=O)(=O)c1ccc(N2CCCCC2)cc1. The number of rotatable bonds is 3. The van der Waals surface area contributed by atoms with Crippen molar-refractivity contribution in [2.45, 2.75) is 43.3 Å². The Bertz CT molecular complexity index is 485. The Morgan fingerprint density at radius 3 is 2.06 bits per heavy atom. The van der Waals surface area contributed by atoms with E-state index in [0.717, 1.165) is 18.8 Å². The molecule has 0 N–H and O–H groups in total. The third-order valence-corrected chi connectivity index (χ3v) is 5.68. The molecule has 2 rings (SSSR count). The van der Waals surface area contributed by atoms with E-state index in [4.69, 9.17) is 0 Å². The lowest BCUT2D eigenvalue weighted by atomic mass is 10.1. The van der Waals surface area contributed by atoms with E-state index in [1.807, 2.05) is 12.1 Å². The van der Waals surface area contributed by atoms with E-state index in [1.54, 1.807) is 26.0 Å². The van der Waals surface area contributed by atoms with Crippen LogP contribution in [0.15, 0.2) is 29.2 Å². The second-order valence-corrected chi connectivity index (χ2v) is 7.64. The minimum atomic E-state index is -3.14. The van der Waals surface area contributed by atoms with E-state index in [-0.39, 0.29) is 5.25 Å². The molecule has 1 aliphatic heterocycles. The summed E-state index contributed by atoms with van der Waals surface area (Å²) in [5, 5.41) is -0.363. The zero-order valence-corrected chi connectivity index (χ0v) is 11.9. The predicted molar refractivity (Wildman–Crippen MR) is 74.8 cm³/mol. The molecule has 0 spiro atoms. The molecule has 0 bridgehead atoms. The summed E-state index contributed by atoms with van der Waals surface area (Å²) in [6.45, 7) is 5.59. The van der Waals surface area contributed by atoms with Crippen LogP contribution in [0.3, 0.4) is 0 Å². The molecule has 18 heavy (non-hydrogen) atoms. The van der Waals surface area contributed by atoms with Crippen LogP contribution in [-0.4, -0.2) is 26.8 Å². The first-order chi connectivity index (χ1) is 8.51. The van der Waals surface area contributed by atoms with Crippen molar-refractivity contribution in [2.24, 2.45) is 0 Å². The normalized spacial score (nSPS) is 17.2. The van der Waals surface area contributed by atoms with Gasteiger partial charge in [0.2, 0.25) is 0 Å². The van der Waals surface area contributed by atoms with Gasteiger partial charge in [-0.1, -0.05) is 0 Å². The average molecular weight is 267 g/mol. The van der Waals surface area contributed by atoms with E-state index >= 15 is 0 Å². The van der Waals surface area contributed by atoms with Crippen molar-refractivity contribution in [3.8, 4) is 0 Å². The molecule has 1 heterocycles. The highest BCUT2D eigenvalue weighted by Crippen LogP contribution is 2.23. The summed E-state index contributed by atoms with van der Waals surface area (Å²) in [6.07, 6.45) is 3.76. The van der Waals surface area contributed by atoms with Crippen LogP contribution in [-0.2, 0) is 9.84 Å². The third-order valence-electron chi connectivity index (χ3n) is 3.51. The summed E-state index contributed by atoms with van der Waals surface area (Å²) in [6, 6.07) is 7.33. The first-order valence-corrected chi connectivity index (χ1v) is 8.15. The molecule has 1 aliphatic rings. The molecule has 0 atom stereocenters. The van der Waals surface area contributed by atoms with Crippen molar-refractivity contribution in [3.05, 3.63) is 24.3 Å². The minimum absolute atomic E-state index is 0.363. The Kier molecular flexibility index (Phi) is 3.95. The van der Waals surface area contributed by atoms with Crippen LogP contribution in [0.5, 0.6) is 0 Å². The fourth-order valence-corrected chi connectivity index (χ4v) is 3.33. The van der Waals surface area contributed by atoms with Crippen molar-refractivity contribution >= 4 is 15.5 Å². The molecular formula is C14H21NO2S. The summed E-state index contributed by atoms with van der Waals surface area (Å²) in [4.78, 5) is 2.76. The Morgan fingerprint density at radius 1 is 1.00 bits per heavy atom. The van der Waals surface area contributed by atoms with E-state index in [9.17, 15) is 8.42 Å². The molecule has 0 amide bonds. The van der Waals surface area contributed by atoms with Gasteiger partial charge in [0, 0.05) is 18.8 Å². The summed E-state index contributed by atoms with van der Waals surface area (Å²) < 4.78 is 24.0. The minimum Gasteiger partial charge on any atom is -0.372 e. The van der Waals surface area contributed by atoms with Gasteiger partial charge in [0.15, 0.2) is 9.84 Å². The molecule has 0 radical (unpaired) electrons. The molecule has 0 unspecified atom stereocenters. The summed E-state index contributed by atoms with van der Waals surface area (Å²) in [7, 11) is -3.14. The van der Waals surface area contributed by atoms with E-state index in [0.29, 0.717) is 4.90 Å². The molecule has 0 saturated carbocycles. The number of benzene rings is 1. The number of hydrogen-bond donors (Lipinski definition) is 0. The van der Waals surface area contributed by atoms with Crippen LogP contribution in [0.4, 0.5) is 5.69 Å². The van der Waals surface area contributed by atoms with Gasteiger partial charge < -0.3 is 4.90 Å². The lowest BCUT2D eigenvalue weighted by Crippen LogP contribution is -2.29. The number of nitrogens with zero attached hydrogens (tertiary/aromatic N) is 1. The summed E-state index contributed by atoms with van der Waals surface area (Å²) in [5.41, 5.74) is 1.14. The van der Waals surface area contributed by atoms with Gasteiger partial charge in [0.1, 0.15) is 0 Å². The molecule has 1 fully saturated rings. The fraction of sp³-hybridized carbons (Fsp3) is 0.571. The summed E-state index contributed by atoms with van der Waals surface area (Å²) >= 11 is 0. The first-order valence-electron chi connectivity index (χ1n) is 6.61. The van der Waals surface area contributed by atoms with Crippen molar-refractivity contribution in [1.29, 1.82) is 0 Å². The lowest BCUT2D eigenvalue weighted by molar-refractivity contribution is 0.577. The van der Waals surface area contributed by atoms with Crippen LogP contribution in [0.1, 0.15) is 33.1 Å². The maximum atomic E-state index is 12.0. The van der Waals surface area contributed by atoms with Crippen molar-refractivity contribution < 1.29 is 8.42 Å². The van der Waals surface area contributed by atoms with Crippen LogP contribution < -0.4 is 4.90 Å². The lowest BCUT2D eigenvalue weighted by Gasteiger charge is -2.28. The Balaban J connectivity index is 2.20. The molecule has 4 heteroatoms. The highest BCUT2D eigenvalue weighted by molar-refractivity contribution is 7.92. The molecule has 0 aliphatic carbocycles. The molecule has 1 aromatic rings. The first kappa shape index (κ1) is 13.4. The van der Waals surface area contributed by atoms with Crippen LogP contribution in [0.2, 0.25) is 0 Å². The smallest absolute Gasteiger partial charge is 0.180 e. The highest BCUT2D eigenvalue weighted by Gasteiger charge is 2.19. The fourth-order valence-electron chi connectivity index (χ4n) is 2.27. The van der Waals surface area contributed by atoms with Crippen molar-refractivity contribution in [1.82, 2.24) is 0 Å².